The number of carbonyl (C=O) groups is 1. The Kier molecular flexibility index (Phi) is 3.84. The highest BCUT2D eigenvalue weighted by Gasteiger charge is 2.37. The molecule has 24 heavy (non-hydrogen) atoms. The number of carbonyl (C=O) groups excluding carboxylic acids is 1. The van der Waals surface area contributed by atoms with Crippen molar-refractivity contribution in [2.24, 2.45) is 0 Å². The zero-order valence-corrected chi connectivity index (χ0v) is 14.2. The number of fused-ring (bicyclic) bond motifs is 1. The average molecular weight is 343 g/mol. The van der Waals surface area contributed by atoms with Crippen molar-refractivity contribution in [2.45, 2.75) is 38.3 Å². The summed E-state index contributed by atoms with van der Waals surface area (Å²) in [6.07, 6.45) is 5.91. The van der Waals surface area contributed by atoms with Gasteiger partial charge in [0.1, 0.15) is 5.82 Å². The van der Waals surface area contributed by atoms with Crippen LogP contribution in [0, 0.1) is 5.82 Å². The SMILES string of the molecule is C[C@H](c1ccccc1F)N(C(=O)Cc1csc2nccn12)C1CC1. The van der Waals surface area contributed by atoms with E-state index < -0.39 is 0 Å². The third-order valence-electron chi connectivity index (χ3n) is 4.55. The Morgan fingerprint density at radius 2 is 2.25 bits per heavy atom. The molecule has 0 unspecified atom stereocenters. The molecule has 1 amide bonds. The molecule has 3 aromatic rings. The first-order valence-corrected chi connectivity index (χ1v) is 8.98. The van der Waals surface area contributed by atoms with Gasteiger partial charge in [-0.25, -0.2) is 9.37 Å². The number of benzene rings is 1. The van der Waals surface area contributed by atoms with Crippen molar-refractivity contribution >= 4 is 22.2 Å². The van der Waals surface area contributed by atoms with Gasteiger partial charge in [0.05, 0.1) is 12.5 Å². The van der Waals surface area contributed by atoms with E-state index in [1.54, 1.807) is 18.3 Å². The molecule has 2 heterocycles. The van der Waals surface area contributed by atoms with Crippen molar-refractivity contribution in [3.63, 3.8) is 0 Å². The van der Waals surface area contributed by atoms with Crippen LogP contribution >= 0.6 is 11.3 Å². The normalized spacial score (nSPS) is 15.6. The zero-order chi connectivity index (χ0) is 16.7. The number of hydrogen-bond acceptors (Lipinski definition) is 3. The predicted molar refractivity (Wildman–Crippen MR) is 91.5 cm³/mol. The van der Waals surface area contributed by atoms with Gasteiger partial charge >= 0.3 is 0 Å². The van der Waals surface area contributed by atoms with Gasteiger partial charge in [0, 0.05) is 35.1 Å². The van der Waals surface area contributed by atoms with Gasteiger partial charge in [-0.2, -0.15) is 0 Å². The molecule has 1 aliphatic carbocycles. The number of aromatic nitrogens is 2. The summed E-state index contributed by atoms with van der Waals surface area (Å²) < 4.78 is 16.1. The molecule has 1 fully saturated rings. The molecule has 1 saturated carbocycles. The summed E-state index contributed by atoms with van der Waals surface area (Å²) in [5, 5.41) is 1.97. The minimum absolute atomic E-state index is 0.0432. The molecule has 0 spiro atoms. The highest BCUT2D eigenvalue weighted by molar-refractivity contribution is 7.15. The van der Waals surface area contributed by atoms with Crippen molar-refractivity contribution in [2.75, 3.05) is 0 Å². The molecule has 0 saturated heterocycles. The average Bonchev–Trinajstić information content (AvgIpc) is 3.15. The highest BCUT2D eigenvalue weighted by atomic mass is 32.1. The van der Waals surface area contributed by atoms with Gasteiger partial charge in [0.15, 0.2) is 4.96 Å². The molecule has 0 N–H and O–H groups in total. The van der Waals surface area contributed by atoms with E-state index in [4.69, 9.17) is 0 Å². The quantitative estimate of drug-likeness (QED) is 0.706. The highest BCUT2D eigenvalue weighted by Crippen LogP contribution is 2.35. The van der Waals surface area contributed by atoms with Crippen LogP contribution in [0.2, 0.25) is 0 Å². The summed E-state index contributed by atoms with van der Waals surface area (Å²) in [5.41, 5.74) is 1.51. The number of imidazole rings is 1. The molecule has 4 nitrogen and oxygen atoms in total. The van der Waals surface area contributed by atoms with Gasteiger partial charge in [-0.05, 0) is 25.8 Å². The molecule has 1 aliphatic rings. The Hall–Kier alpha value is -2.21. The third-order valence-corrected chi connectivity index (χ3v) is 5.45. The number of hydrogen-bond donors (Lipinski definition) is 0. The number of halogens is 1. The van der Waals surface area contributed by atoms with Crippen LogP contribution in [0.3, 0.4) is 0 Å². The van der Waals surface area contributed by atoms with E-state index in [-0.39, 0.29) is 23.8 Å². The van der Waals surface area contributed by atoms with E-state index in [1.165, 1.54) is 17.4 Å². The van der Waals surface area contributed by atoms with E-state index in [1.807, 2.05) is 33.9 Å². The lowest BCUT2D eigenvalue weighted by molar-refractivity contribution is -0.133. The minimum Gasteiger partial charge on any atom is -0.333 e. The monoisotopic (exact) mass is 343 g/mol. The van der Waals surface area contributed by atoms with Crippen LogP contribution in [0.25, 0.3) is 4.96 Å². The maximum atomic E-state index is 14.1. The van der Waals surface area contributed by atoms with Crippen molar-refractivity contribution in [3.8, 4) is 0 Å². The van der Waals surface area contributed by atoms with Crippen LogP contribution in [0.4, 0.5) is 4.39 Å². The van der Waals surface area contributed by atoms with Gasteiger partial charge in [-0.15, -0.1) is 11.3 Å². The number of nitrogens with zero attached hydrogens (tertiary/aromatic N) is 3. The molecule has 0 aliphatic heterocycles. The molecule has 2 aromatic heterocycles. The first kappa shape index (κ1) is 15.3. The van der Waals surface area contributed by atoms with Crippen LogP contribution in [-0.4, -0.2) is 26.2 Å². The van der Waals surface area contributed by atoms with Crippen molar-refractivity contribution in [3.05, 3.63) is 59.1 Å². The maximum Gasteiger partial charge on any atom is 0.229 e. The molecule has 0 radical (unpaired) electrons. The zero-order valence-electron chi connectivity index (χ0n) is 13.4. The second-order valence-electron chi connectivity index (χ2n) is 6.21. The van der Waals surface area contributed by atoms with Crippen LogP contribution in [0.15, 0.2) is 42.0 Å². The molecular weight excluding hydrogens is 325 g/mol. The molecule has 1 atom stereocenters. The molecule has 124 valence electrons. The van der Waals surface area contributed by atoms with Gasteiger partial charge in [-0.3, -0.25) is 9.20 Å². The van der Waals surface area contributed by atoms with Gasteiger partial charge in [0.2, 0.25) is 5.91 Å². The van der Waals surface area contributed by atoms with E-state index in [0.717, 1.165) is 23.5 Å². The standard InChI is InChI=1S/C18H18FN3OS/c1-12(15-4-2-3-5-16(15)19)22(13-6-7-13)17(23)10-14-11-24-18-20-8-9-21(14)18/h2-5,8-9,11-13H,6-7,10H2,1H3/t12-/m1/s1. The third kappa shape index (κ3) is 2.71. The van der Waals surface area contributed by atoms with Gasteiger partial charge < -0.3 is 4.90 Å². The summed E-state index contributed by atoms with van der Waals surface area (Å²) in [7, 11) is 0. The Labute approximate surface area is 143 Å². The Balaban J connectivity index is 1.60. The smallest absolute Gasteiger partial charge is 0.229 e. The fourth-order valence-electron chi connectivity index (χ4n) is 3.20. The molecular formula is C18H18FN3OS. The number of rotatable bonds is 5. The summed E-state index contributed by atoms with van der Waals surface area (Å²) in [4.78, 5) is 19.9. The lowest BCUT2D eigenvalue weighted by atomic mass is 10.1. The van der Waals surface area contributed by atoms with Crippen LogP contribution in [0.5, 0.6) is 0 Å². The Bertz CT molecular complexity index is 883. The summed E-state index contributed by atoms with van der Waals surface area (Å²) in [6, 6.07) is 6.68. The van der Waals surface area contributed by atoms with Crippen molar-refractivity contribution in [1.29, 1.82) is 0 Å². The van der Waals surface area contributed by atoms with Crippen LogP contribution in [0.1, 0.15) is 37.1 Å². The van der Waals surface area contributed by atoms with Crippen molar-refractivity contribution < 1.29 is 9.18 Å². The van der Waals surface area contributed by atoms with Crippen molar-refractivity contribution in [1.82, 2.24) is 14.3 Å². The fourth-order valence-corrected chi connectivity index (χ4v) is 4.05. The molecule has 4 rings (SSSR count). The summed E-state index contributed by atoms with van der Waals surface area (Å²) in [6.45, 7) is 1.91. The lowest BCUT2D eigenvalue weighted by Gasteiger charge is -2.30. The minimum atomic E-state index is -0.261. The summed E-state index contributed by atoms with van der Waals surface area (Å²) >= 11 is 1.53. The molecule has 0 bridgehead atoms. The Morgan fingerprint density at radius 3 is 3.00 bits per heavy atom. The molecule has 6 heteroatoms. The predicted octanol–water partition coefficient (Wildman–Crippen LogP) is 3.83. The fraction of sp³-hybridized carbons (Fsp3) is 0.333. The van der Waals surface area contributed by atoms with E-state index >= 15 is 0 Å². The Morgan fingerprint density at radius 1 is 1.46 bits per heavy atom. The van der Waals surface area contributed by atoms with Gasteiger partial charge in [-0.1, -0.05) is 18.2 Å². The molecule has 1 aromatic carbocycles. The van der Waals surface area contributed by atoms with Crippen LogP contribution < -0.4 is 0 Å². The number of amides is 1. The van der Waals surface area contributed by atoms with E-state index in [2.05, 4.69) is 4.98 Å². The number of thiazole rings is 1. The second kappa shape index (κ2) is 6.02. The topological polar surface area (TPSA) is 37.6 Å². The lowest BCUT2D eigenvalue weighted by Crippen LogP contribution is -2.37. The van der Waals surface area contributed by atoms with Gasteiger partial charge in [0.25, 0.3) is 0 Å². The van der Waals surface area contributed by atoms with Crippen LogP contribution in [-0.2, 0) is 11.2 Å². The first-order valence-electron chi connectivity index (χ1n) is 8.10. The maximum absolute atomic E-state index is 14.1. The summed E-state index contributed by atoms with van der Waals surface area (Å²) in [5.74, 6) is -0.211. The first-order chi connectivity index (χ1) is 11.6. The van der Waals surface area contributed by atoms with E-state index in [9.17, 15) is 9.18 Å². The largest absolute Gasteiger partial charge is 0.333 e. The van der Waals surface area contributed by atoms with E-state index in [0.29, 0.717) is 12.0 Å². The second-order valence-corrected chi connectivity index (χ2v) is 7.05.